The molecule has 0 saturated carbocycles. The summed E-state index contributed by atoms with van der Waals surface area (Å²) in [6, 6.07) is 18.6. The topological polar surface area (TPSA) is 69.0 Å². The summed E-state index contributed by atoms with van der Waals surface area (Å²) in [5, 5.41) is 11.0. The normalized spacial score (nSPS) is 10.8. The van der Waals surface area contributed by atoms with Crippen LogP contribution in [0, 0.1) is 5.82 Å². The van der Waals surface area contributed by atoms with Crippen LogP contribution in [0.1, 0.15) is 15.9 Å². The van der Waals surface area contributed by atoms with Gasteiger partial charge in [0, 0.05) is 11.3 Å². The van der Waals surface area contributed by atoms with E-state index in [9.17, 15) is 9.18 Å². The molecule has 4 aromatic rings. The molecule has 28 heavy (non-hydrogen) atoms. The smallest absolute Gasteiger partial charge is 0.255 e. The first-order chi connectivity index (χ1) is 13.6. The van der Waals surface area contributed by atoms with E-state index in [-0.39, 0.29) is 5.91 Å². The van der Waals surface area contributed by atoms with Crippen LogP contribution in [0.15, 0.2) is 66.7 Å². The fourth-order valence-corrected chi connectivity index (χ4v) is 2.94. The molecule has 1 aromatic heterocycles. The second-order valence-corrected chi connectivity index (χ2v) is 6.27. The molecule has 0 atom stereocenters. The van der Waals surface area contributed by atoms with Crippen LogP contribution in [0.5, 0.6) is 5.75 Å². The van der Waals surface area contributed by atoms with Gasteiger partial charge in [-0.15, -0.1) is 5.10 Å². The predicted octanol–water partition coefficient (Wildman–Crippen LogP) is 3.88. The van der Waals surface area contributed by atoms with Gasteiger partial charge in [0.2, 0.25) is 0 Å². The van der Waals surface area contributed by atoms with Crippen molar-refractivity contribution in [3.05, 3.63) is 83.7 Å². The molecule has 0 radical (unpaired) electrons. The standard InChI is InChI=1S/C21H17FN4O2/c1-28-18-7-2-4-14(10-18)13-26-20-9-8-15(11-19(20)24-25-26)21(27)23-17-6-3-5-16(22)12-17/h2-12H,13H2,1H3,(H,23,27). The third-order valence-electron chi connectivity index (χ3n) is 4.33. The summed E-state index contributed by atoms with van der Waals surface area (Å²) in [4.78, 5) is 12.4. The van der Waals surface area contributed by atoms with E-state index < -0.39 is 5.82 Å². The Labute approximate surface area is 160 Å². The van der Waals surface area contributed by atoms with Gasteiger partial charge >= 0.3 is 0 Å². The lowest BCUT2D eigenvalue weighted by Gasteiger charge is -2.07. The van der Waals surface area contributed by atoms with Crippen molar-refractivity contribution in [1.29, 1.82) is 0 Å². The Hall–Kier alpha value is -3.74. The number of hydrogen-bond donors (Lipinski definition) is 1. The van der Waals surface area contributed by atoms with E-state index in [1.54, 1.807) is 36.1 Å². The van der Waals surface area contributed by atoms with Crippen LogP contribution in [0.4, 0.5) is 10.1 Å². The highest BCUT2D eigenvalue weighted by atomic mass is 19.1. The highest BCUT2D eigenvalue weighted by molar-refractivity contribution is 6.05. The van der Waals surface area contributed by atoms with Crippen LogP contribution >= 0.6 is 0 Å². The molecule has 0 fully saturated rings. The molecule has 3 aromatic carbocycles. The molecule has 0 spiro atoms. The van der Waals surface area contributed by atoms with Crippen LogP contribution in [0.3, 0.4) is 0 Å². The average Bonchev–Trinajstić information content (AvgIpc) is 3.10. The molecule has 1 N–H and O–H groups in total. The lowest BCUT2D eigenvalue weighted by molar-refractivity contribution is 0.102. The molecule has 6 nitrogen and oxygen atoms in total. The number of aromatic nitrogens is 3. The Morgan fingerprint density at radius 2 is 1.96 bits per heavy atom. The van der Waals surface area contributed by atoms with Gasteiger partial charge in [0.05, 0.1) is 19.2 Å². The summed E-state index contributed by atoms with van der Waals surface area (Å²) in [6.45, 7) is 0.530. The first-order valence-corrected chi connectivity index (χ1v) is 8.65. The summed E-state index contributed by atoms with van der Waals surface area (Å²) < 4.78 is 20.3. The monoisotopic (exact) mass is 376 g/mol. The van der Waals surface area contributed by atoms with Gasteiger partial charge in [0.1, 0.15) is 17.1 Å². The van der Waals surface area contributed by atoms with Crippen LogP contribution in [0.25, 0.3) is 11.0 Å². The molecule has 1 amide bonds. The quantitative estimate of drug-likeness (QED) is 0.574. The maximum absolute atomic E-state index is 13.3. The molecule has 140 valence electrons. The van der Waals surface area contributed by atoms with Gasteiger partial charge in [0.25, 0.3) is 5.91 Å². The third-order valence-corrected chi connectivity index (χ3v) is 4.33. The Kier molecular flexibility index (Phi) is 4.72. The largest absolute Gasteiger partial charge is 0.497 e. The van der Waals surface area contributed by atoms with Crippen molar-refractivity contribution in [1.82, 2.24) is 15.0 Å². The molecule has 1 heterocycles. The molecule has 0 unspecified atom stereocenters. The molecule has 0 aliphatic rings. The Morgan fingerprint density at radius 3 is 2.79 bits per heavy atom. The van der Waals surface area contributed by atoms with Crippen LogP contribution in [-0.4, -0.2) is 28.0 Å². The van der Waals surface area contributed by atoms with Gasteiger partial charge in [-0.05, 0) is 54.1 Å². The van der Waals surface area contributed by atoms with Crippen molar-refractivity contribution in [2.75, 3.05) is 12.4 Å². The number of carbonyl (C=O) groups is 1. The van der Waals surface area contributed by atoms with Crippen molar-refractivity contribution >= 4 is 22.6 Å². The molecule has 4 rings (SSSR count). The molecule has 0 saturated heterocycles. The number of nitrogens with zero attached hydrogens (tertiary/aromatic N) is 3. The number of amides is 1. The van der Waals surface area contributed by atoms with Crippen molar-refractivity contribution < 1.29 is 13.9 Å². The predicted molar refractivity (Wildman–Crippen MR) is 104 cm³/mol. The molecule has 0 aliphatic heterocycles. The second kappa shape index (κ2) is 7.48. The maximum atomic E-state index is 13.3. The third kappa shape index (κ3) is 3.68. The van der Waals surface area contributed by atoms with Crippen molar-refractivity contribution in [3.8, 4) is 5.75 Å². The molecule has 7 heteroatoms. The molecule has 0 bridgehead atoms. The van der Waals surface area contributed by atoms with E-state index in [1.165, 1.54) is 18.2 Å². The summed E-state index contributed by atoms with van der Waals surface area (Å²) in [5.74, 6) is 0.0295. The minimum absolute atomic E-state index is 0.338. The van der Waals surface area contributed by atoms with Crippen LogP contribution < -0.4 is 10.1 Å². The Bertz CT molecular complexity index is 1160. The van der Waals surface area contributed by atoms with Gasteiger partial charge in [-0.2, -0.15) is 0 Å². The van der Waals surface area contributed by atoms with Gasteiger partial charge in [0.15, 0.2) is 0 Å². The van der Waals surface area contributed by atoms with Gasteiger partial charge in [-0.1, -0.05) is 23.4 Å². The second-order valence-electron chi connectivity index (χ2n) is 6.27. The summed E-state index contributed by atoms with van der Waals surface area (Å²) in [5.41, 5.74) is 3.26. The Balaban J connectivity index is 1.56. The minimum atomic E-state index is -0.409. The Morgan fingerprint density at radius 1 is 1.11 bits per heavy atom. The zero-order valence-corrected chi connectivity index (χ0v) is 15.1. The van der Waals surface area contributed by atoms with Gasteiger partial charge < -0.3 is 10.1 Å². The summed E-state index contributed by atoms with van der Waals surface area (Å²) in [6.07, 6.45) is 0. The van der Waals surface area contributed by atoms with Crippen molar-refractivity contribution in [2.24, 2.45) is 0 Å². The van der Waals surface area contributed by atoms with Crippen LogP contribution in [0.2, 0.25) is 0 Å². The highest BCUT2D eigenvalue weighted by Gasteiger charge is 2.11. The number of benzene rings is 3. The number of rotatable bonds is 5. The number of methoxy groups -OCH3 is 1. The lowest BCUT2D eigenvalue weighted by Crippen LogP contribution is -2.12. The van der Waals surface area contributed by atoms with E-state index in [0.717, 1.165) is 16.8 Å². The van der Waals surface area contributed by atoms with Crippen LogP contribution in [-0.2, 0) is 6.54 Å². The zero-order valence-electron chi connectivity index (χ0n) is 15.1. The number of carbonyl (C=O) groups excluding carboxylic acids is 1. The lowest BCUT2D eigenvalue weighted by atomic mass is 10.1. The summed E-state index contributed by atoms with van der Waals surface area (Å²) >= 11 is 0. The number of nitrogens with one attached hydrogen (secondary N) is 1. The number of hydrogen-bond acceptors (Lipinski definition) is 4. The first kappa shape index (κ1) is 17.7. The van der Waals surface area contributed by atoms with E-state index in [4.69, 9.17) is 4.74 Å². The van der Waals surface area contributed by atoms with Crippen molar-refractivity contribution in [3.63, 3.8) is 0 Å². The average molecular weight is 376 g/mol. The zero-order chi connectivity index (χ0) is 19.5. The fourth-order valence-electron chi connectivity index (χ4n) is 2.94. The molecule has 0 aliphatic carbocycles. The fraction of sp³-hybridized carbons (Fsp3) is 0.0952. The van der Waals surface area contributed by atoms with E-state index >= 15 is 0 Å². The van der Waals surface area contributed by atoms with Gasteiger partial charge in [-0.3, -0.25) is 4.79 Å². The number of ether oxygens (including phenoxy) is 1. The molecular weight excluding hydrogens is 359 g/mol. The van der Waals surface area contributed by atoms with E-state index in [0.29, 0.717) is 23.3 Å². The van der Waals surface area contributed by atoms with E-state index in [1.807, 2.05) is 24.3 Å². The van der Waals surface area contributed by atoms with Gasteiger partial charge in [-0.25, -0.2) is 9.07 Å². The van der Waals surface area contributed by atoms with E-state index in [2.05, 4.69) is 15.6 Å². The number of fused-ring (bicyclic) bond motifs is 1. The summed E-state index contributed by atoms with van der Waals surface area (Å²) in [7, 11) is 1.63. The number of halogens is 1. The maximum Gasteiger partial charge on any atom is 0.255 e. The first-order valence-electron chi connectivity index (χ1n) is 8.65. The molecular formula is C21H17FN4O2. The minimum Gasteiger partial charge on any atom is -0.497 e. The number of anilines is 1. The van der Waals surface area contributed by atoms with Crippen molar-refractivity contribution in [2.45, 2.75) is 6.54 Å². The SMILES string of the molecule is COc1cccc(Cn2nnc3cc(C(=O)Nc4cccc(F)c4)ccc32)c1. The highest BCUT2D eigenvalue weighted by Crippen LogP contribution is 2.18.